The van der Waals surface area contributed by atoms with Crippen LogP contribution in [0.4, 0.5) is 5.82 Å². The number of hydrogen-bond acceptors (Lipinski definition) is 5. The molecular weight excluding hydrogens is 412 g/mol. The van der Waals surface area contributed by atoms with E-state index in [0.717, 1.165) is 43.7 Å². The number of hydrogen-bond donors (Lipinski definition) is 1. The predicted molar refractivity (Wildman–Crippen MR) is 124 cm³/mol. The van der Waals surface area contributed by atoms with Crippen LogP contribution in [-0.4, -0.2) is 28.0 Å². The third-order valence-corrected chi connectivity index (χ3v) is 5.69. The summed E-state index contributed by atoms with van der Waals surface area (Å²) in [4.78, 5) is 13.4. The van der Waals surface area contributed by atoms with Crippen LogP contribution < -0.4 is 10.7 Å². The van der Waals surface area contributed by atoms with Crippen LogP contribution >= 0.6 is 11.6 Å². The molecule has 160 valence electrons. The molecule has 4 rings (SSSR count). The zero-order valence-corrected chi connectivity index (χ0v) is 18.2. The molecule has 1 N–H and O–H groups in total. The monoisotopic (exact) mass is 436 g/mol. The van der Waals surface area contributed by atoms with Crippen LogP contribution in [0, 0.1) is 12.8 Å². The van der Waals surface area contributed by atoms with E-state index in [-0.39, 0.29) is 5.43 Å². The summed E-state index contributed by atoms with van der Waals surface area (Å²) in [6, 6.07) is 11.3. The van der Waals surface area contributed by atoms with E-state index in [2.05, 4.69) is 26.7 Å². The first kappa shape index (κ1) is 21.3. The fraction of sp³-hybridized carbons (Fsp3) is 0.292. The third kappa shape index (κ3) is 5.21. The third-order valence-electron chi connectivity index (χ3n) is 5.49. The maximum absolute atomic E-state index is 13.4. The normalized spacial score (nSPS) is 14.4. The van der Waals surface area contributed by atoms with E-state index in [1.807, 2.05) is 43.6 Å². The summed E-state index contributed by atoms with van der Waals surface area (Å²) in [5.74, 6) is 0.990. The van der Waals surface area contributed by atoms with Crippen LogP contribution in [0.2, 0.25) is 5.15 Å². The Labute approximate surface area is 186 Å². The summed E-state index contributed by atoms with van der Waals surface area (Å²) < 4.78 is 7.59. The number of nitrogens with zero attached hydrogens (tertiary/aromatic N) is 3. The summed E-state index contributed by atoms with van der Waals surface area (Å²) in [7, 11) is 0. The fourth-order valence-corrected chi connectivity index (χ4v) is 3.82. The van der Waals surface area contributed by atoms with Gasteiger partial charge in [0.25, 0.3) is 0 Å². The van der Waals surface area contributed by atoms with Crippen LogP contribution in [0.5, 0.6) is 0 Å². The number of aromatic nitrogens is 3. The van der Waals surface area contributed by atoms with Gasteiger partial charge in [0.1, 0.15) is 0 Å². The second-order valence-electron chi connectivity index (χ2n) is 7.88. The molecule has 1 saturated heterocycles. The Morgan fingerprint density at radius 1 is 1.16 bits per heavy atom. The molecule has 1 aliphatic rings. The summed E-state index contributed by atoms with van der Waals surface area (Å²) in [5.41, 5.74) is 3.58. The number of benzene rings is 1. The fourth-order valence-electron chi connectivity index (χ4n) is 3.72. The van der Waals surface area contributed by atoms with Crippen molar-refractivity contribution in [2.24, 2.45) is 5.92 Å². The van der Waals surface area contributed by atoms with E-state index in [0.29, 0.717) is 33.7 Å². The molecule has 6 nitrogen and oxygen atoms in total. The minimum Gasteiger partial charge on any atom is -0.381 e. The molecule has 0 spiro atoms. The molecule has 1 fully saturated rings. The number of nitrogens with one attached hydrogen (secondary N) is 1. The number of rotatable bonds is 6. The molecule has 0 bridgehead atoms. The van der Waals surface area contributed by atoms with E-state index in [4.69, 9.17) is 16.3 Å². The Morgan fingerprint density at radius 2 is 1.90 bits per heavy atom. The molecule has 0 aliphatic carbocycles. The SMILES string of the molecule is C=C(Nc1ccc(Cl)nn1)c1cn(CC2CCOCC2)cc(-c2ccc(C)cc2)c1=O. The molecule has 1 aliphatic heterocycles. The molecule has 0 saturated carbocycles. The number of pyridine rings is 1. The molecule has 0 amide bonds. The minimum absolute atomic E-state index is 0.0773. The van der Waals surface area contributed by atoms with Gasteiger partial charge in [0.05, 0.1) is 5.56 Å². The van der Waals surface area contributed by atoms with Gasteiger partial charge in [-0.25, -0.2) is 0 Å². The highest BCUT2D eigenvalue weighted by Gasteiger charge is 2.17. The van der Waals surface area contributed by atoms with Gasteiger partial charge in [-0.05, 0) is 43.4 Å². The van der Waals surface area contributed by atoms with Gasteiger partial charge in [-0.3, -0.25) is 4.79 Å². The van der Waals surface area contributed by atoms with Crippen LogP contribution in [-0.2, 0) is 11.3 Å². The average Bonchev–Trinajstić information content (AvgIpc) is 2.78. The maximum Gasteiger partial charge on any atom is 0.198 e. The van der Waals surface area contributed by atoms with Crippen LogP contribution in [0.1, 0.15) is 24.0 Å². The number of anilines is 1. The van der Waals surface area contributed by atoms with Crippen molar-refractivity contribution < 1.29 is 4.74 Å². The van der Waals surface area contributed by atoms with Crippen molar-refractivity contribution >= 4 is 23.1 Å². The van der Waals surface area contributed by atoms with Gasteiger partial charge in [-0.15, -0.1) is 10.2 Å². The molecular formula is C24H25ClN4O2. The van der Waals surface area contributed by atoms with Crippen molar-refractivity contribution in [3.8, 4) is 11.1 Å². The van der Waals surface area contributed by atoms with Crippen LogP contribution in [0.3, 0.4) is 0 Å². The van der Waals surface area contributed by atoms with Crippen LogP contribution in [0.15, 0.2) is 60.2 Å². The van der Waals surface area contributed by atoms with Gasteiger partial charge in [-0.2, -0.15) is 0 Å². The molecule has 3 aromatic rings. The molecule has 0 unspecified atom stereocenters. The molecule has 2 aromatic heterocycles. The molecule has 0 radical (unpaired) electrons. The lowest BCUT2D eigenvalue weighted by molar-refractivity contribution is 0.0612. The number of halogens is 1. The number of aryl methyl sites for hydroxylation is 1. The second-order valence-corrected chi connectivity index (χ2v) is 8.27. The maximum atomic E-state index is 13.4. The van der Waals surface area contributed by atoms with E-state index >= 15 is 0 Å². The molecule has 7 heteroatoms. The van der Waals surface area contributed by atoms with Crippen molar-refractivity contribution in [3.05, 3.63) is 81.9 Å². The van der Waals surface area contributed by atoms with E-state index < -0.39 is 0 Å². The standard InChI is InChI=1S/C24H25ClN4O2/c1-16-3-5-19(6-4-16)21-15-29(13-18-9-11-31-12-10-18)14-20(24(21)30)17(2)26-23-8-7-22(25)27-28-23/h3-8,14-15,18H,2,9-13H2,1H3,(H,26,28). The van der Waals surface area contributed by atoms with Gasteiger partial charge in [0.2, 0.25) is 0 Å². The van der Waals surface area contributed by atoms with Crippen molar-refractivity contribution in [1.29, 1.82) is 0 Å². The van der Waals surface area contributed by atoms with Gasteiger partial charge in [0, 0.05) is 43.4 Å². The Balaban J connectivity index is 1.71. The highest BCUT2D eigenvalue weighted by atomic mass is 35.5. The summed E-state index contributed by atoms with van der Waals surface area (Å²) in [6.45, 7) is 8.52. The molecule has 0 atom stereocenters. The van der Waals surface area contributed by atoms with E-state index in [9.17, 15) is 4.79 Å². The van der Waals surface area contributed by atoms with Crippen molar-refractivity contribution in [2.75, 3.05) is 18.5 Å². The van der Waals surface area contributed by atoms with Gasteiger partial charge in [-0.1, -0.05) is 48.0 Å². The first-order valence-electron chi connectivity index (χ1n) is 10.3. The first-order valence-corrected chi connectivity index (χ1v) is 10.7. The van der Waals surface area contributed by atoms with Crippen molar-refractivity contribution in [2.45, 2.75) is 26.3 Å². The molecule has 31 heavy (non-hydrogen) atoms. The Morgan fingerprint density at radius 3 is 2.58 bits per heavy atom. The number of ether oxygens (including phenoxy) is 1. The smallest absolute Gasteiger partial charge is 0.198 e. The van der Waals surface area contributed by atoms with Crippen molar-refractivity contribution in [1.82, 2.24) is 14.8 Å². The zero-order chi connectivity index (χ0) is 21.8. The van der Waals surface area contributed by atoms with E-state index in [1.165, 1.54) is 0 Å². The largest absolute Gasteiger partial charge is 0.381 e. The summed E-state index contributed by atoms with van der Waals surface area (Å²) >= 11 is 5.82. The highest BCUT2D eigenvalue weighted by Crippen LogP contribution is 2.23. The Bertz CT molecular complexity index is 1120. The summed E-state index contributed by atoms with van der Waals surface area (Å²) in [6.07, 6.45) is 5.84. The average molecular weight is 437 g/mol. The minimum atomic E-state index is -0.0773. The lowest BCUT2D eigenvalue weighted by atomic mass is 9.99. The van der Waals surface area contributed by atoms with Crippen molar-refractivity contribution in [3.63, 3.8) is 0 Å². The molecule has 3 heterocycles. The quantitative estimate of drug-likeness (QED) is 0.602. The Hall–Kier alpha value is -2.96. The van der Waals surface area contributed by atoms with Gasteiger partial charge < -0.3 is 14.6 Å². The summed E-state index contributed by atoms with van der Waals surface area (Å²) in [5, 5.41) is 11.2. The first-order chi connectivity index (χ1) is 15.0. The highest BCUT2D eigenvalue weighted by molar-refractivity contribution is 6.29. The lowest BCUT2D eigenvalue weighted by Gasteiger charge is -2.24. The van der Waals surface area contributed by atoms with Gasteiger partial charge >= 0.3 is 0 Å². The van der Waals surface area contributed by atoms with Crippen LogP contribution in [0.25, 0.3) is 16.8 Å². The van der Waals surface area contributed by atoms with Gasteiger partial charge in [0.15, 0.2) is 16.4 Å². The second kappa shape index (κ2) is 9.45. The zero-order valence-electron chi connectivity index (χ0n) is 17.5. The lowest BCUT2D eigenvalue weighted by Crippen LogP contribution is -2.23. The topological polar surface area (TPSA) is 69.0 Å². The van der Waals surface area contributed by atoms with E-state index in [1.54, 1.807) is 12.1 Å². The predicted octanol–water partition coefficient (Wildman–Crippen LogP) is 4.78. The molecule has 1 aromatic carbocycles. The Kier molecular flexibility index (Phi) is 6.49.